The van der Waals surface area contributed by atoms with E-state index in [-0.39, 0.29) is 5.91 Å². The SMILES string of the molecule is CN(C)c1ccc(CCCNC(=O)C=CC2CCOCC2)cc1. The summed E-state index contributed by atoms with van der Waals surface area (Å²) in [6.07, 6.45) is 7.69. The Balaban J connectivity index is 1.62. The lowest BCUT2D eigenvalue weighted by Crippen LogP contribution is -2.23. The maximum absolute atomic E-state index is 11.8. The van der Waals surface area contributed by atoms with Crippen LogP contribution in [-0.2, 0) is 16.0 Å². The molecule has 1 heterocycles. The molecule has 2 rings (SSSR count). The van der Waals surface area contributed by atoms with Gasteiger partial charge in [0.2, 0.25) is 5.91 Å². The van der Waals surface area contributed by atoms with E-state index < -0.39 is 0 Å². The Morgan fingerprint density at radius 2 is 1.96 bits per heavy atom. The van der Waals surface area contributed by atoms with Crippen molar-refractivity contribution < 1.29 is 9.53 Å². The minimum Gasteiger partial charge on any atom is -0.381 e. The second kappa shape index (κ2) is 9.36. The number of hydrogen-bond acceptors (Lipinski definition) is 3. The van der Waals surface area contributed by atoms with Crippen LogP contribution in [0.2, 0.25) is 0 Å². The predicted molar refractivity (Wildman–Crippen MR) is 94.8 cm³/mol. The fourth-order valence-electron chi connectivity index (χ4n) is 2.66. The number of nitrogens with zero attached hydrogens (tertiary/aromatic N) is 1. The monoisotopic (exact) mass is 316 g/mol. The highest BCUT2D eigenvalue weighted by molar-refractivity contribution is 5.87. The van der Waals surface area contributed by atoms with Crippen molar-refractivity contribution in [1.29, 1.82) is 0 Å². The summed E-state index contributed by atoms with van der Waals surface area (Å²) < 4.78 is 5.31. The molecule has 0 saturated carbocycles. The molecule has 126 valence electrons. The Kier molecular flexibility index (Phi) is 7.14. The lowest BCUT2D eigenvalue weighted by atomic mass is 10.00. The summed E-state index contributed by atoms with van der Waals surface area (Å²) in [5.41, 5.74) is 2.52. The van der Waals surface area contributed by atoms with Crippen LogP contribution in [0.25, 0.3) is 0 Å². The summed E-state index contributed by atoms with van der Waals surface area (Å²) in [7, 11) is 4.08. The van der Waals surface area contributed by atoms with Gasteiger partial charge in [-0.2, -0.15) is 0 Å². The van der Waals surface area contributed by atoms with E-state index in [4.69, 9.17) is 4.74 Å². The second-order valence-corrected chi connectivity index (χ2v) is 6.26. The van der Waals surface area contributed by atoms with Crippen molar-refractivity contribution in [3.8, 4) is 0 Å². The summed E-state index contributed by atoms with van der Waals surface area (Å²) in [6, 6.07) is 8.57. The number of hydrogen-bond donors (Lipinski definition) is 1. The average molecular weight is 316 g/mol. The summed E-state index contributed by atoms with van der Waals surface area (Å²) in [4.78, 5) is 13.9. The molecule has 0 atom stereocenters. The Morgan fingerprint density at radius 3 is 2.61 bits per heavy atom. The average Bonchev–Trinajstić information content (AvgIpc) is 2.58. The fraction of sp³-hybridized carbons (Fsp3) is 0.526. The van der Waals surface area contributed by atoms with Crippen LogP contribution >= 0.6 is 0 Å². The van der Waals surface area contributed by atoms with Crippen LogP contribution in [0.3, 0.4) is 0 Å². The van der Waals surface area contributed by atoms with Crippen LogP contribution in [0.15, 0.2) is 36.4 Å². The van der Waals surface area contributed by atoms with Crippen LogP contribution in [-0.4, -0.2) is 39.8 Å². The first-order valence-electron chi connectivity index (χ1n) is 8.45. The minimum absolute atomic E-state index is 0.0134. The summed E-state index contributed by atoms with van der Waals surface area (Å²) in [6.45, 7) is 2.33. The van der Waals surface area contributed by atoms with Crippen LogP contribution < -0.4 is 10.2 Å². The molecule has 23 heavy (non-hydrogen) atoms. The molecule has 1 fully saturated rings. The Morgan fingerprint density at radius 1 is 1.26 bits per heavy atom. The number of allylic oxidation sites excluding steroid dienone is 1. The van der Waals surface area contributed by atoms with E-state index in [0.29, 0.717) is 12.5 Å². The molecule has 0 spiro atoms. The fourth-order valence-corrected chi connectivity index (χ4v) is 2.66. The molecule has 1 aromatic rings. The number of aryl methyl sites for hydroxylation is 1. The summed E-state index contributed by atoms with van der Waals surface area (Å²) in [5, 5.41) is 2.96. The highest BCUT2D eigenvalue weighted by Gasteiger charge is 2.10. The van der Waals surface area contributed by atoms with Gasteiger partial charge in [0.15, 0.2) is 0 Å². The summed E-state index contributed by atoms with van der Waals surface area (Å²) >= 11 is 0. The number of carbonyl (C=O) groups is 1. The van der Waals surface area contributed by atoms with Gasteiger partial charge < -0.3 is 15.0 Å². The van der Waals surface area contributed by atoms with Gasteiger partial charge in [-0.05, 0) is 55.4 Å². The van der Waals surface area contributed by atoms with Crippen molar-refractivity contribution in [1.82, 2.24) is 5.32 Å². The first kappa shape index (κ1) is 17.5. The first-order valence-corrected chi connectivity index (χ1v) is 8.45. The zero-order chi connectivity index (χ0) is 16.5. The highest BCUT2D eigenvalue weighted by atomic mass is 16.5. The van der Waals surface area contributed by atoms with Crippen molar-refractivity contribution in [3.63, 3.8) is 0 Å². The Hall–Kier alpha value is -1.81. The number of ether oxygens (including phenoxy) is 1. The van der Waals surface area contributed by atoms with Gasteiger partial charge in [-0.3, -0.25) is 4.79 Å². The molecule has 0 aromatic heterocycles. The highest BCUT2D eigenvalue weighted by Crippen LogP contribution is 2.15. The van der Waals surface area contributed by atoms with E-state index in [1.54, 1.807) is 6.08 Å². The molecule has 4 heteroatoms. The number of amides is 1. The molecule has 1 aromatic carbocycles. The molecule has 0 radical (unpaired) electrons. The maximum Gasteiger partial charge on any atom is 0.243 e. The zero-order valence-corrected chi connectivity index (χ0v) is 14.3. The lowest BCUT2D eigenvalue weighted by molar-refractivity contribution is -0.116. The Bertz CT molecular complexity index is 503. The molecule has 0 bridgehead atoms. The van der Waals surface area contributed by atoms with E-state index in [1.807, 2.05) is 20.2 Å². The molecule has 1 amide bonds. The summed E-state index contributed by atoms with van der Waals surface area (Å²) in [5.74, 6) is 0.504. The van der Waals surface area contributed by atoms with Gasteiger partial charge in [0, 0.05) is 39.5 Å². The topological polar surface area (TPSA) is 41.6 Å². The van der Waals surface area contributed by atoms with Gasteiger partial charge in [0.05, 0.1) is 0 Å². The third-order valence-corrected chi connectivity index (χ3v) is 4.18. The number of anilines is 1. The maximum atomic E-state index is 11.8. The molecule has 4 nitrogen and oxygen atoms in total. The molecule has 1 aliphatic rings. The molecule has 0 aliphatic carbocycles. The standard InChI is InChI=1S/C19H28N2O2/c1-21(2)18-8-5-16(6-9-18)4-3-13-20-19(22)10-7-17-11-14-23-15-12-17/h5-10,17H,3-4,11-15H2,1-2H3,(H,20,22). The van der Waals surface area contributed by atoms with Gasteiger partial charge in [-0.1, -0.05) is 18.2 Å². The van der Waals surface area contributed by atoms with Crippen molar-refractivity contribution in [2.24, 2.45) is 5.92 Å². The van der Waals surface area contributed by atoms with Gasteiger partial charge in [0.25, 0.3) is 0 Å². The smallest absolute Gasteiger partial charge is 0.243 e. The second-order valence-electron chi connectivity index (χ2n) is 6.26. The molecule has 0 unspecified atom stereocenters. The van der Waals surface area contributed by atoms with Gasteiger partial charge >= 0.3 is 0 Å². The van der Waals surface area contributed by atoms with Crippen molar-refractivity contribution in [2.75, 3.05) is 38.8 Å². The van der Waals surface area contributed by atoms with Crippen LogP contribution in [0.5, 0.6) is 0 Å². The number of benzene rings is 1. The van der Waals surface area contributed by atoms with Crippen molar-refractivity contribution in [3.05, 3.63) is 42.0 Å². The molecule has 1 aliphatic heterocycles. The van der Waals surface area contributed by atoms with Crippen molar-refractivity contribution in [2.45, 2.75) is 25.7 Å². The van der Waals surface area contributed by atoms with Gasteiger partial charge in [0.1, 0.15) is 0 Å². The van der Waals surface area contributed by atoms with Crippen LogP contribution in [0.4, 0.5) is 5.69 Å². The van der Waals surface area contributed by atoms with E-state index in [0.717, 1.165) is 38.9 Å². The largest absolute Gasteiger partial charge is 0.381 e. The quantitative estimate of drug-likeness (QED) is 0.621. The van der Waals surface area contributed by atoms with E-state index >= 15 is 0 Å². The first-order chi connectivity index (χ1) is 11.1. The normalized spacial score (nSPS) is 15.7. The number of nitrogens with one attached hydrogen (secondary N) is 1. The third-order valence-electron chi connectivity index (χ3n) is 4.18. The Labute approximate surface area is 139 Å². The van der Waals surface area contributed by atoms with E-state index in [1.165, 1.54) is 11.3 Å². The lowest BCUT2D eigenvalue weighted by Gasteiger charge is -2.18. The molecule has 1 saturated heterocycles. The molecular formula is C19H28N2O2. The molecular weight excluding hydrogens is 288 g/mol. The van der Waals surface area contributed by atoms with Gasteiger partial charge in [-0.25, -0.2) is 0 Å². The number of carbonyl (C=O) groups excluding carboxylic acids is 1. The van der Waals surface area contributed by atoms with Gasteiger partial charge in [-0.15, -0.1) is 0 Å². The van der Waals surface area contributed by atoms with Crippen LogP contribution in [0, 0.1) is 5.92 Å². The van der Waals surface area contributed by atoms with E-state index in [2.05, 4.69) is 34.5 Å². The van der Waals surface area contributed by atoms with E-state index in [9.17, 15) is 4.79 Å². The zero-order valence-electron chi connectivity index (χ0n) is 14.3. The van der Waals surface area contributed by atoms with Crippen molar-refractivity contribution >= 4 is 11.6 Å². The molecule has 1 N–H and O–H groups in total. The third kappa shape index (κ3) is 6.45. The van der Waals surface area contributed by atoms with Crippen LogP contribution in [0.1, 0.15) is 24.8 Å². The predicted octanol–water partition coefficient (Wildman–Crippen LogP) is 2.78. The number of rotatable bonds is 7. The minimum atomic E-state index is 0.0134.